The maximum Gasteiger partial charge on any atom is 0.417 e. The Labute approximate surface area is 335 Å². The average Bonchev–Trinajstić information content (AvgIpc) is 3.33. The zero-order chi connectivity index (χ0) is 42.2. The van der Waals surface area contributed by atoms with Crippen LogP contribution >= 0.6 is 12.2 Å². The molecule has 1 saturated carbocycles. The third kappa shape index (κ3) is 9.27. The van der Waals surface area contributed by atoms with Gasteiger partial charge in [-0.3, -0.25) is 44.2 Å². The maximum absolute atomic E-state index is 14.2. The maximum atomic E-state index is 14.2. The van der Waals surface area contributed by atoms with E-state index in [9.17, 15) is 50.8 Å². The summed E-state index contributed by atoms with van der Waals surface area (Å²) in [6, 6.07) is 5.49. The Morgan fingerprint density at radius 2 is 1.78 bits per heavy atom. The summed E-state index contributed by atoms with van der Waals surface area (Å²) in [5.41, 5.74) is -2.32. The van der Waals surface area contributed by atoms with Gasteiger partial charge in [0.1, 0.15) is 11.6 Å². The summed E-state index contributed by atoms with van der Waals surface area (Å²) in [6.07, 6.45) is -5.62. The van der Waals surface area contributed by atoms with E-state index in [1.54, 1.807) is 23.6 Å². The van der Waals surface area contributed by atoms with Crippen LogP contribution in [0.4, 0.5) is 37.7 Å². The Bertz CT molecular complexity index is 1970. The molecule has 13 nitrogen and oxygen atoms in total. The van der Waals surface area contributed by atoms with Crippen molar-refractivity contribution in [2.45, 2.75) is 94.4 Å². The van der Waals surface area contributed by atoms with Crippen LogP contribution in [0.5, 0.6) is 0 Å². The number of benzene rings is 1. The lowest BCUT2D eigenvalue weighted by Gasteiger charge is -2.42. The molecule has 1 aromatic heterocycles. The van der Waals surface area contributed by atoms with Crippen molar-refractivity contribution in [2.75, 3.05) is 49.5 Å². The number of aromatic nitrogens is 1. The van der Waals surface area contributed by atoms with Crippen molar-refractivity contribution < 1.29 is 50.3 Å². The normalized spacial score (nSPS) is 24.8. The number of carbonyl (C=O) groups is 4. The molecule has 0 radical (unpaired) electrons. The average molecular weight is 837 g/mol. The fourth-order valence-electron chi connectivity index (χ4n) is 8.10. The van der Waals surface area contributed by atoms with Gasteiger partial charge in [0.2, 0.25) is 17.7 Å². The molecule has 58 heavy (non-hydrogen) atoms. The van der Waals surface area contributed by atoms with Gasteiger partial charge in [0, 0.05) is 38.6 Å². The molecule has 1 unspecified atom stereocenters. The van der Waals surface area contributed by atoms with E-state index in [2.05, 4.69) is 15.6 Å². The fraction of sp³-hybridized carbons (Fsp3) is 0.553. The van der Waals surface area contributed by atoms with Gasteiger partial charge < -0.3 is 15.0 Å². The number of anilines is 2. The summed E-state index contributed by atoms with van der Waals surface area (Å²) in [4.78, 5) is 59.7. The van der Waals surface area contributed by atoms with Gasteiger partial charge in [0.15, 0.2) is 5.11 Å². The first-order valence-electron chi connectivity index (χ1n) is 18.8. The minimum absolute atomic E-state index is 0.0172. The van der Waals surface area contributed by atoms with Crippen molar-refractivity contribution in [3.8, 4) is 6.07 Å². The van der Waals surface area contributed by atoms with E-state index in [0.717, 1.165) is 21.9 Å². The number of pyridine rings is 1. The number of rotatable bonds is 10. The summed E-state index contributed by atoms with van der Waals surface area (Å²) in [7, 11) is 0. The minimum Gasteiger partial charge on any atom is -0.377 e. The van der Waals surface area contributed by atoms with Crippen LogP contribution in [-0.4, -0.2) is 118 Å². The second-order valence-electron chi connectivity index (χ2n) is 15.3. The zero-order valence-corrected chi connectivity index (χ0v) is 32.5. The lowest BCUT2D eigenvalue weighted by Crippen LogP contribution is -2.60. The number of ether oxygens (including phenoxy) is 1. The number of amides is 4. The largest absolute Gasteiger partial charge is 0.417 e. The summed E-state index contributed by atoms with van der Waals surface area (Å²) >= 11 is 5.67. The van der Waals surface area contributed by atoms with Gasteiger partial charge in [-0.2, -0.15) is 31.6 Å². The first kappa shape index (κ1) is 42.9. The van der Waals surface area contributed by atoms with Crippen molar-refractivity contribution in [3.63, 3.8) is 0 Å². The highest BCUT2D eigenvalue weighted by atomic mass is 32.1. The molecule has 4 aliphatic rings. The van der Waals surface area contributed by atoms with Gasteiger partial charge in [0.05, 0.1) is 65.6 Å². The highest BCUT2D eigenvalue weighted by molar-refractivity contribution is 7.80. The molecule has 1 aromatic carbocycles. The van der Waals surface area contributed by atoms with Crippen molar-refractivity contribution in [2.24, 2.45) is 0 Å². The highest BCUT2D eigenvalue weighted by Gasteiger charge is 2.53. The fourth-order valence-corrected chi connectivity index (χ4v) is 8.66. The van der Waals surface area contributed by atoms with Crippen LogP contribution in [0.25, 0.3) is 0 Å². The molecule has 4 amide bonds. The van der Waals surface area contributed by atoms with E-state index < -0.39 is 65.2 Å². The van der Waals surface area contributed by atoms with E-state index in [1.807, 2.05) is 0 Å². The summed E-state index contributed by atoms with van der Waals surface area (Å²) < 4.78 is 89.9. The minimum atomic E-state index is -4.82. The Kier molecular flexibility index (Phi) is 12.5. The summed E-state index contributed by atoms with van der Waals surface area (Å²) in [5.74, 6) is -2.60. The van der Waals surface area contributed by atoms with Crippen LogP contribution < -0.4 is 15.5 Å². The number of piperidine rings is 1. The second-order valence-corrected chi connectivity index (χ2v) is 15.7. The van der Waals surface area contributed by atoms with Crippen molar-refractivity contribution in [3.05, 3.63) is 53.3 Å². The quantitative estimate of drug-likeness (QED) is 0.195. The number of hydrogen-bond acceptors (Lipinski definition) is 10. The number of alkyl halides is 6. The number of nitriles is 1. The van der Waals surface area contributed by atoms with E-state index in [4.69, 9.17) is 17.0 Å². The summed E-state index contributed by atoms with van der Waals surface area (Å²) in [6.45, 7) is 3.10. The molecule has 0 spiro atoms. The van der Waals surface area contributed by atoms with E-state index >= 15 is 0 Å². The van der Waals surface area contributed by atoms with Gasteiger partial charge in [-0.1, -0.05) is 0 Å². The van der Waals surface area contributed by atoms with Crippen LogP contribution in [0.1, 0.15) is 75.1 Å². The van der Waals surface area contributed by atoms with Crippen LogP contribution in [0, 0.1) is 11.3 Å². The Balaban J connectivity index is 0.970. The first-order valence-corrected chi connectivity index (χ1v) is 19.2. The molecule has 0 bridgehead atoms. The van der Waals surface area contributed by atoms with Crippen LogP contribution in [-0.2, 0) is 30.1 Å². The number of hydrogen-bond donors (Lipinski definition) is 2. The predicted octanol–water partition coefficient (Wildman–Crippen LogP) is 4.72. The second kappa shape index (κ2) is 16.9. The molecule has 6 rings (SSSR count). The number of nitrogens with zero attached hydrogens (tertiary/aromatic N) is 6. The lowest BCUT2D eigenvalue weighted by atomic mass is 9.89. The molecule has 312 valence electrons. The SMILES string of the molecule is CC1(C)C(=O)N(c2ccc(C#N)c(C(F)(F)F)c2)C(=S)N1C1CCC(OCCN2CCN(CC(=O)Nc3ccc(C4CCC(=O)NC4=O)nc3)[C@H](C(F)(F)F)C2)CC1. The van der Waals surface area contributed by atoms with Gasteiger partial charge in [-0.05, 0) is 88.5 Å². The van der Waals surface area contributed by atoms with Crippen molar-refractivity contribution in [1.82, 2.24) is 25.0 Å². The highest BCUT2D eigenvalue weighted by Crippen LogP contribution is 2.41. The number of halogens is 6. The smallest absolute Gasteiger partial charge is 0.377 e. The van der Waals surface area contributed by atoms with Gasteiger partial charge >= 0.3 is 12.4 Å². The first-order chi connectivity index (χ1) is 27.3. The van der Waals surface area contributed by atoms with Gasteiger partial charge in [-0.15, -0.1) is 0 Å². The van der Waals surface area contributed by atoms with Crippen LogP contribution in [0.15, 0.2) is 36.5 Å². The third-order valence-electron chi connectivity index (χ3n) is 11.1. The molecule has 20 heteroatoms. The topological polar surface area (TPSA) is 151 Å². The third-order valence-corrected chi connectivity index (χ3v) is 11.5. The van der Waals surface area contributed by atoms with Gasteiger partial charge in [0.25, 0.3) is 5.91 Å². The Hall–Kier alpha value is -4.71. The van der Waals surface area contributed by atoms with E-state index in [-0.39, 0.29) is 73.7 Å². The van der Waals surface area contributed by atoms with Crippen LogP contribution in [0.3, 0.4) is 0 Å². The molecule has 3 aliphatic heterocycles. The molecule has 4 heterocycles. The number of thiocarbonyl (C=S) groups is 1. The molecule has 4 fully saturated rings. The number of piperazine rings is 1. The monoisotopic (exact) mass is 836 g/mol. The van der Waals surface area contributed by atoms with Crippen molar-refractivity contribution >= 4 is 52.3 Å². The summed E-state index contributed by atoms with van der Waals surface area (Å²) in [5, 5.41) is 14.1. The molecular formula is C38H42F6N8O5S. The molecule has 2 N–H and O–H groups in total. The van der Waals surface area contributed by atoms with Gasteiger partial charge in [-0.25, -0.2) is 0 Å². The number of nitrogens with one attached hydrogen (secondary N) is 2. The molecule has 3 saturated heterocycles. The standard InChI is InChI=1S/C38H42F6N8O5S/c1-36(2)34(56)51(25-5-3-22(18-45)28(17-25)37(39,40)41)35(58)52(36)24-6-8-26(9-7-24)57-16-15-49-13-14-50(30(20-49)38(42,43)44)21-32(54)47-23-4-11-29(46-19-23)27-10-12-31(53)48-33(27)55/h3-5,11,17,19,24,26-27,30H,6-10,12-16,20-21H2,1-2H3,(H,47,54)(H,48,53,55)/t24?,26?,27?,30-/m0/s1. The zero-order valence-electron chi connectivity index (χ0n) is 31.7. The molecular weight excluding hydrogens is 795 g/mol. The van der Waals surface area contributed by atoms with E-state index in [0.29, 0.717) is 37.8 Å². The number of imide groups is 1. The number of carbonyl (C=O) groups excluding carboxylic acids is 4. The predicted molar refractivity (Wildman–Crippen MR) is 200 cm³/mol. The van der Waals surface area contributed by atoms with Crippen LogP contribution in [0.2, 0.25) is 0 Å². The van der Waals surface area contributed by atoms with E-state index in [1.165, 1.54) is 30.5 Å². The van der Waals surface area contributed by atoms with Crippen molar-refractivity contribution in [1.29, 1.82) is 5.26 Å². The Morgan fingerprint density at radius 3 is 2.40 bits per heavy atom. The molecule has 2 aromatic rings. The lowest BCUT2D eigenvalue weighted by molar-refractivity contribution is -0.197. The molecule has 2 atom stereocenters. The Morgan fingerprint density at radius 1 is 1.05 bits per heavy atom. The molecule has 1 aliphatic carbocycles.